The lowest BCUT2D eigenvalue weighted by Gasteiger charge is -2.37. The Morgan fingerprint density at radius 2 is 1.54 bits per heavy atom. The van der Waals surface area contributed by atoms with Crippen LogP contribution in [0.25, 0.3) is 0 Å². The minimum atomic E-state index is -0.434. The molecular weight excluding hydrogens is 348 g/mol. The first-order valence-corrected chi connectivity index (χ1v) is 10.3. The highest BCUT2D eigenvalue weighted by Gasteiger charge is 2.36. The highest BCUT2D eigenvalue weighted by atomic mass is 16.2. The number of carbonyl (C=O) groups excluding carboxylic acids is 2. The lowest BCUT2D eigenvalue weighted by Crippen LogP contribution is -2.43. The minimum absolute atomic E-state index is 0.00494. The highest BCUT2D eigenvalue weighted by molar-refractivity contribution is 5.82. The molecule has 0 aromatic heterocycles. The molecule has 156 valence electrons. The second-order valence-corrected chi connectivity index (χ2v) is 9.18. The molecule has 28 heavy (non-hydrogen) atoms. The molecule has 0 atom stereocenters. The van der Waals surface area contributed by atoms with E-state index < -0.39 is 5.41 Å². The number of hydrogen-bond donors (Lipinski definition) is 2. The lowest BCUT2D eigenvalue weighted by atomic mass is 9.69. The number of hydrogen-bond acceptors (Lipinski definition) is 2. The van der Waals surface area contributed by atoms with Crippen molar-refractivity contribution in [1.29, 1.82) is 0 Å². The van der Waals surface area contributed by atoms with Crippen molar-refractivity contribution in [1.82, 2.24) is 10.6 Å². The van der Waals surface area contributed by atoms with Crippen LogP contribution < -0.4 is 10.6 Å². The van der Waals surface area contributed by atoms with Crippen LogP contribution >= 0.6 is 0 Å². The molecule has 1 aliphatic carbocycles. The molecule has 0 saturated heterocycles. The Morgan fingerprint density at radius 3 is 2.21 bits per heavy atom. The van der Waals surface area contributed by atoms with E-state index in [-0.39, 0.29) is 17.2 Å². The van der Waals surface area contributed by atoms with Crippen molar-refractivity contribution in [3.05, 3.63) is 48.1 Å². The standard InChI is InChI=1S/C24H38N2O2/c1-19(2)23(3,4)18-24(5,6)22(28)26-17-16-25-21(27)15-14-20-12-10-8-7-9-11-13-20/h7-13,19H,14-18H2,1-6H3,(H,25,27)(H,26,28)/b8-7-,9-7?,10-8?,11-9-,12-10?,13-11?,20-12?,20-13?. The molecule has 0 aliphatic heterocycles. The SMILES string of the molecule is CC(C)C(C)(C)CC(C)(C)C(=O)NCCNC(=O)CCC1=C/C=C\C=C/C=C1. The van der Waals surface area contributed by atoms with Gasteiger partial charge in [0.05, 0.1) is 0 Å². The predicted octanol–water partition coefficient (Wildman–Crippen LogP) is 4.71. The van der Waals surface area contributed by atoms with Crippen LogP contribution in [0.15, 0.2) is 48.1 Å². The maximum atomic E-state index is 12.6. The van der Waals surface area contributed by atoms with E-state index in [2.05, 4.69) is 38.3 Å². The molecule has 0 spiro atoms. The minimum Gasteiger partial charge on any atom is -0.354 e. The fraction of sp³-hybridized carbons (Fsp3) is 0.583. The van der Waals surface area contributed by atoms with Crippen molar-refractivity contribution in [2.75, 3.05) is 13.1 Å². The number of nitrogens with one attached hydrogen (secondary N) is 2. The number of rotatable bonds is 10. The van der Waals surface area contributed by atoms with Gasteiger partial charge in [0.2, 0.25) is 11.8 Å². The summed E-state index contributed by atoms with van der Waals surface area (Å²) in [6, 6.07) is 0. The summed E-state index contributed by atoms with van der Waals surface area (Å²) in [7, 11) is 0. The molecule has 0 aromatic carbocycles. The van der Waals surface area contributed by atoms with Gasteiger partial charge < -0.3 is 10.6 Å². The van der Waals surface area contributed by atoms with Crippen molar-refractivity contribution >= 4 is 11.8 Å². The van der Waals surface area contributed by atoms with Crippen molar-refractivity contribution in [2.24, 2.45) is 16.7 Å². The number of amides is 2. The third kappa shape index (κ3) is 8.73. The summed E-state index contributed by atoms with van der Waals surface area (Å²) in [5, 5.41) is 5.85. The summed E-state index contributed by atoms with van der Waals surface area (Å²) in [6.07, 6.45) is 15.9. The molecule has 0 heterocycles. The van der Waals surface area contributed by atoms with Crippen LogP contribution in [-0.2, 0) is 9.59 Å². The Morgan fingerprint density at radius 1 is 0.929 bits per heavy atom. The van der Waals surface area contributed by atoms with E-state index in [0.29, 0.717) is 31.8 Å². The molecule has 0 unspecified atom stereocenters. The zero-order chi connectivity index (χ0) is 21.2. The van der Waals surface area contributed by atoms with E-state index in [1.54, 1.807) is 0 Å². The quantitative estimate of drug-likeness (QED) is 0.534. The van der Waals surface area contributed by atoms with Gasteiger partial charge in [-0.25, -0.2) is 0 Å². The highest BCUT2D eigenvalue weighted by Crippen LogP contribution is 2.39. The van der Waals surface area contributed by atoms with E-state index in [0.717, 1.165) is 12.0 Å². The van der Waals surface area contributed by atoms with Gasteiger partial charge in [-0.15, -0.1) is 0 Å². The molecule has 0 radical (unpaired) electrons. The molecule has 4 nitrogen and oxygen atoms in total. The molecule has 4 heteroatoms. The molecule has 0 aromatic rings. The van der Waals surface area contributed by atoms with Gasteiger partial charge in [0.15, 0.2) is 0 Å². The first-order valence-electron chi connectivity index (χ1n) is 10.3. The third-order valence-electron chi connectivity index (χ3n) is 5.51. The van der Waals surface area contributed by atoms with Crippen molar-refractivity contribution < 1.29 is 9.59 Å². The zero-order valence-corrected chi connectivity index (χ0v) is 18.5. The van der Waals surface area contributed by atoms with Crippen LogP contribution in [0.3, 0.4) is 0 Å². The summed E-state index contributed by atoms with van der Waals surface area (Å²) in [4.78, 5) is 24.6. The van der Waals surface area contributed by atoms with Crippen molar-refractivity contribution in [3.8, 4) is 0 Å². The molecule has 1 rings (SSSR count). The summed E-state index contributed by atoms with van der Waals surface area (Å²) >= 11 is 0. The van der Waals surface area contributed by atoms with Gasteiger partial charge in [0.1, 0.15) is 0 Å². The molecule has 0 bridgehead atoms. The Balaban J connectivity index is 2.31. The second-order valence-electron chi connectivity index (χ2n) is 9.18. The average molecular weight is 387 g/mol. The van der Waals surface area contributed by atoms with Crippen LogP contribution in [-0.4, -0.2) is 24.9 Å². The molecule has 1 aliphatic rings. The fourth-order valence-corrected chi connectivity index (χ4v) is 3.16. The maximum Gasteiger partial charge on any atom is 0.225 e. The first kappa shape index (κ1) is 23.9. The largest absolute Gasteiger partial charge is 0.354 e. The van der Waals surface area contributed by atoms with Crippen LogP contribution in [0.5, 0.6) is 0 Å². The van der Waals surface area contributed by atoms with E-state index >= 15 is 0 Å². The summed E-state index contributed by atoms with van der Waals surface area (Å²) < 4.78 is 0. The van der Waals surface area contributed by atoms with Crippen molar-refractivity contribution in [2.45, 2.75) is 60.8 Å². The Labute approximate surface area is 171 Å². The van der Waals surface area contributed by atoms with E-state index in [9.17, 15) is 9.59 Å². The van der Waals surface area contributed by atoms with Gasteiger partial charge in [-0.05, 0) is 29.7 Å². The molecule has 0 fully saturated rings. The normalized spacial score (nSPS) is 16.8. The third-order valence-corrected chi connectivity index (χ3v) is 5.51. The summed E-state index contributed by atoms with van der Waals surface area (Å²) in [5.41, 5.74) is 0.787. The molecule has 2 amide bonds. The Hall–Kier alpha value is -2.10. The Kier molecular flexibility index (Phi) is 9.44. The van der Waals surface area contributed by atoms with Crippen LogP contribution in [0.4, 0.5) is 0 Å². The summed E-state index contributed by atoms with van der Waals surface area (Å²) in [5.74, 6) is 0.554. The Bertz CT molecular complexity index is 650. The smallest absolute Gasteiger partial charge is 0.225 e. The van der Waals surface area contributed by atoms with Gasteiger partial charge in [-0.2, -0.15) is 0 Å². The van der Waals surface area contributed by atoms with Crippen LogP contribution in [0, 0.1) is 16.7 Å². The van der Waals surface area contributed by atoms with Crippen molar-refractivity contribution in [3.63, 3.8) is 0 Å². The predicted molar refractivity (Wildman–Crippen MR) is 118 cm³/mol. The van der Waals surface area contributed by atoms with Crippen LogP contribution in [0.2, 0.25) is 0 Å². The monoisotopic (exact) mass is 386 g/mol. The lowest BCUT2D eigenvalue weighted by molar-refractivity contribution is -0.131. The molecular formula is C24H38N2O2. The second kappa shape index (κ2) is 11.0. The van der Waals surface area contributed by atoms with Gasteiger partial charge >= 0.3 is 0 Å². The number of carbonyl (C=O) groups is 2. The number of allylic oxidation sites excluding steroid dienone is 8. The van der Waals surface area contributed by atoms with Crippen LogP contribution in [0.1, 0.15) is 60.8 Å². The van der Waals surface area contributed by atoms with Gasteiger partial charge in [0.25, 0.3) is 0 Å². The maximum absolute atomic E-state index is 12.6. The summed E-state index contributed by atoms with van der Waals surface area (Å²) in [6.45, 7) is 13.7. The zero-order valence-electron chi connectivity index (χ0n) is 18.5. The van der Waals surface area contributed by atoms with Gasteiger partial charge in [0, 0.05) is 24.9 Å². The molecule has 2 N–H and O–H groups in total. The van der Waals surface area contributed by atoms with Gasteiger partial charge in [-0.1, -0.05) is 84.1 Å². The topological polar surface area (TPSA) is 58.2 Å². The van der Waals surface area contributed by atoms with E-state index in [1.165, 1.54) is 0 Å². The molecule has 0 saturated carbocycles. The fourth-order valence-electron chi connectivity index (χ4n) is 3.16. The van der Waals surface area contributed by atoms with Gasteiger partial charge in [-0.3, -0.25) is 9.59 Å². The van der Waals surface area contributed by atoms with E-state index in [4.69, 9.17) is 0 Å². The average Bonchev–Trinajstić information content (AvgIpc) is 2.56. The van der Waals surface area contributed by atoms with E-state index in [1.807, 2.05) is 56.4 Å². The first-order chi connectivity index (χ1) is 13.0.